The van der Waals surface area contributed by atoms with E-state index in [4.69, 9.17) is 9.47 Å². The zero-order chi connectivity index (χ0) is 21.9. The molecule has 1 amide bonds. The molecule has 1 heterocycles. The van der Waals surface area contributed by atoms with Crippen molar-refractivity contribution in [3.05, 3.63) is 59.4 Å². The second-order valence-electron chi connectivity index (χ2n) is 6.31. The second-order valence-corrected chi connectivity index (χ2v) is 6.31. The zero-order valence-corrected chi connectivity index (χ0v) is 16.1. The van der Waals surface area contributed by atoms with Gasteiger partial charge in [-0.1, -0.05) is 18.2 Å². The number of fused-ring (bicyclic) bond motifs is 1. The number of hydrogen-bond donors (Lipinski definition) is 1. The number of halogens is 3. The van der Waals surface area contributed by atoms with E-state index in [-0.39, 0.29) is 23.1 Å². The first-order valence-corrected chi connectivity index (χ1v) is 8.79. The fraction of sp³-hybridized carbons (Fsp3) is 0.250. The predicted molar refractivity (Wildman–Crippen MR) is 101 cm³/mol. The highest BCUT2D eigenvalue weighted by molar-refractivity contribution is 5.92. The predicted octanol–water partition coefficient (Wildman–Crippen LogP) is 3.17. The lowest BCUT2D eigenvalue weighted by Gasteiger charge is -2.13. The number of nitrogens with zero attached hydrogens (tertiary/aromatic N) is 2. The summed E-state index contributed by atoms with van der Waals surface area (Å²) in [6.45, 7) is -0.559. The number of nitrogens with one attached hydrogen (secondary N) is 1. The van der Waals surface area contributed by atoms with Gasteiger partial charge in [0.1, 0.15) is 17.9 Å². The van der Waals surface area contributed by atoms with Crippen molar-refractivity contribution in [2.24, 2.45) is 0 Å². The number of carbonyl (C=O) groups is 2. The van der Waals surface area contributed by atoms with Crippen molar-refractivity contribution in [1.29, 1.82) is 0 Å². The van der Waals surface area contributed by atoms with Crippen LogP contribution in [0.2, 0.25) is 0 Å². The Morgan fingerprint density at radius 2 is 1.87 bits per heavy atom. The molecule has 0 bridgehead atoms. The Kier molecular flexibility index (Phi) is 5.95. The van der Waals surface area contributed by atoms with Gasteiger partial charge in [0.2, 0.25) is 11.7 Å². The normalized spacial score (nSPS) is 11.4. The number of amides is 1. The van der Waals surface area contributed by atoms with Crippen LogP contribution in [0.5, 0.6) is 5.75 Å². The average Bonchev–Trinajstić information content (AvgIpc) is 3.10. The monoisotopic (exact) mass is 421 g/mol. The van der Waals surface area contributed by atoms with E-state index in [0.29, 0.717) is 11.3 Å². The molecule has 1 aromatic heterocycles. The smallest absolute Gasteiger partial charge is 0.449 e. The minimum Gasteiger partial charge on any atom is -0.496 e. The molecule has 30 heavy (non-hydrogen) atoms. The lowest BCUT2D eigenvalue weighted by Crippen LogP contribution is -2.29. The van der Waals surface area contributed by atoms with Crippen molar-refractivity contribution in [3.8, 4) is 5.75 Å². The van der Waals surface area contributed by atoms with Crippen molar-refractivity contribution in [2.75, 3.05) is 14.2 Å². The van der Waals surface area contributed by atoms with E-state index in [9.17, 15) is 22.8 Å². The maximum Gasteiger partial charge on any atom is 0.449 e. The number of ether oxygens (including phenoxy) is 2. The average molecular weight is 421 g/mol. The maximum atomic E-state index is 13.3. The molecule has 0 fully saturated rings. The fourth-order valence-corrected chi connectivity index (χ4v) is 2.99. The molecule has 0 spiro atoms. The number of methoxy groups -OCH3 is 2. The van der Waals surface area contributed by atoms with Gasteiger partial charge in [-0.25, -0.2) is 9.78 Å². The van der Waals surface area contributed by atoms with Crippen LogP contribution in [0, 0.1) is 0 Å². The lowest BCUT2D eigenvalue weighted by atomic mass is 10.1. The Morgan fingerprint density at radius 1 is 1.13 bits per heavy atom. The van der Waals surface area contributed by atoms with Gasteiger partial charge in [-0.2, -0.15) is 13.2 Å². The highest BCUT2D eigenvalue weighted by atomic mass is 19.4. The molecule has 7 nitrogen and oxygen atoms in total. The molecule has 0 saturated carbocycles. The molecule has 0 aliphatic heterocycles. The van der Waals surface area contributed by atoms with Crippen molar-refractivity contribution in [3.63, 3.8) is 0 Å². The van der Waals surface area contributed by atoms with E-state index >= 15 is 0 Å². The summed E-state index contributed by atoms with van der Waals surface area (Å²) >= 11 is 0. The summed E-state index contributed by atoms with van der Waals surface area (Å²) in [7, 11) is 2.63. The van der Waals surface area contributed by atoms with Gasteiger partial charge in [0.05, 0.1) is 25.3 Å². The van der Waals surface area contributed by atoms with Crippen LogP contribution in [0.3, 0.4) is 0 Å². The zero-order valence-electron chi connectivity index (χ0n) is 16.1. The number of carbonyl (C=O) groups excluding carboxylic acids is 2. The summed E-state index contributed by atoms with van der Waals surface area (Å²) in [4.78, 5) is 27.8. The van der Waals surface area contributed by atoms with Gasteiger partial charge in [-0.15, -0.1) is 0 Å². The quantitative estimate of drug-likeness (QED) is 0.619. The van der Waals surface area contributed by atoms with Crippen LogP contribution in [0.1, 0.15) is 21.7 Å². The van der Waals surface area contributed by atoms with E-state index in [0.717, 1.165) is 4.57 Å². The third-order valence-corrected chi connectivity index (χ3v) is 4.37. The fourth-order valence-electron chi connectivity index (χ4n) is 2.99. The molecule has 10 heteroatoms. The Hall–Kier alpha value is -3.56. The lowest BCUT2D eigenvalue weighted by molar-refractivity contribution is -0.147. The summed E-state index contributed by atoms with van der Waals surface area (Å²) in [5.41, 5.74) is 1.08. The molecular weight excluding hydrogens is 403 g/mol. The number of rotatable bonds is 6. The molecule has 3 aromatic rings. The number of hydrogen-bond acceptors (Lipinski definition) is 5. The number of imidazole rings is 1. The van der Waals surface area contributed by atoms with Gasteiger partial charge in [0.25, 0.3) is 0 Å². The summed E-state index contributed by atoms with van der Waals surface area (Å²) in [5.74, 6) is -2.09. The largest absolute Gasteiger partial charge is 0.496 e. The number of aromatic nitrogens is 2. The standard InChI is InChI=1S/C20H18F3N3O4/c1-29-16-8-7-12(9-13(16)18(28)30-2)10-24-17(27)11-26-15-6-4-3-5-14(15)25-19(26)20(21,22)23/h3-9H,10-11H2,1-2H3,(H,24,27). The van der Waals surface area contributed by atoms with E-state index in [1.807, 2.05) is 0 Å². The topological polar surface area (TPSA) is 82.5 Å². The van der Waals surface area contributed by atoms with Gasteiger partial charge < -0.3 is 19.4 Å². The molecular formula is C20H18F3N3O4. The highest BCUT2D eigenvalue weighted by Crippen LogP contribution is 2.31. The minimum absolute atomic E-state index is 0.000796. The van der Waals surface area contributed by atoms with Gasteiger partial charge in [0, 0.05) is 6.54 Å². The Balaban J connectivity index is 1.78. The first-order chi connectivity index (χ1) is 14.2. The highest BCUT2D eigenvalue weighted by Gasteiger charge is 2.38. The summed E-state index contributed by atoms with van der Waals surface area (Å²) in [5, 5.41) is 2.55. The number of esters is 1. The SMILES string of the molecule is COC(=O)c1cc(CNC(=O)Cn2c(C(F)(F)F)nc3ccccc32)ccc1OC. The third kappa shape index (κ3) is 4.37. The molecule has 0 radical (unpaired) electrons. The first-order valence-electron chi connectivity index (χ1n) is 8.79. The van der Waals surface area contributed by atoms with Crippen molar-refractivity contribution in [2.45, 2.75) is 19.3 Å². The molecule has 2 aromatic carbocycles. The van der Waals surface area contributed by atoms with Gasteiger partial charge in [0.15, 0.2) is 0 Å². The van der Waals surface area contributed by atoms with E-state index in [1.54, 1.807) is 24.3 Å². The first kappa shape index (κ1) is 21.2. The number of para-hydroxylation sites is 2. The van der Waals surface area contributed by atoms with E-state index < -0.39 is 30.4 Å². The van der Waals surface area contributed by atoms with Gasteiger partial charge in [-0.3, -0.25) is 4.79 Å². The summed E-state index contributed by atoms with van der Waals surface area (Å²) in [6, 6.07) is 10.7. The van der Waals surface area contributed by atoms with Crippen molar-refractivity contribution < 1.29 is 32.2 Å². The molecule has 0 atom stereocenters. The molecule has 1 N–H and O–H groups in total. The molecule has 0 aliphatic rings. The van der Waals surface area contributed by atoms with Gasteiger partial charge in [-0.05, 0) is 29.8 Å². The summed E-state index contributed by atoms with van der Waals surface area (Å²) < 4.78 is 50.7. The van der Waals surface area contributed by atoms with E-state index in [1.165, 1.54) is 32.4 Å². The second kappa shape index (κ2) is 8.44. The molecule has 3 rings (SSSR count). The Bertz CT molecular complexity index is 1090. The van der Waals surface area contributed by atoms with Crippen LogP contribution in [0.4, 0.5) is 13.2 Å². The number of benzene rings is 2. The molecule has 158 valence electrons. The van der Waals surface area contributed by atoms with Crippen LogP contribution in [-0.2, 0) is 28.8 Å². The van der Waals surface area contributed by atoms with E-state index in [2.05, 4.69) is 10.3 Å². The summed E-state index contributed by atoms with van der Waals surface area (Å²) in [6.07, 6.45) is -4.70. The van der Waals surface area contributed by atoms with Crippen LogP contribution in [-0.4, -0.2) is 35.6 Å². The van der Waals surface area contributed by atoms with Crippen molar-refractivity contribution >= 4 is 22.9 Å². The maximum absolute atomic E-state index is 13.3. The minimum atomic E-state index is -4.70. The molecule has 0 aliphatic carbocycles. The van der Waals surface area contributed by atoms with Crippen LogP contribution >= 0.6 is 0 Å². The Labute approximate surface area is 169 Å². The van der Waals surface area contributed by atoms with Gasteiger partial charge >= 0.3 is 12.1 Å². The molecule has 0 saturated heterocycles. The van der Waals surface area contributed by atoms with Crippen LogP contribution < -0.4 is 10.1 Å². The van der Waals surface area contributed by atoms with Crippen LogP contribution in [0.15, 0.2) is 42.5 Å². The Morgan fingerprint density at radius 3 is 2.53 bits per heavy atom. The van der Waals surface area contributed by atoms with Crippen molar-refractivity contribution in [1.82, 2.24) is 14.9 Å². The third-order valence-electron chi connectivity index (χ3n) is 4.37. The molecule has 0 unspecified atom stereocenters. The number of alkyl halides is 3. The van der Waals surface area contributed by atoms with Crippen LogP contribution in [0.25, 0.3) is 11.0 Å².